The van der Waals surface area contributed by atoms with Gasteiger partial charge in [0.1, 0.15) is 13.7 Å². The summed E-state index contributed by atoms with van der Waals surface area (Å²) in [6, 6.07) is 2.30. The summed E-state index contributed by atoms with van der Waals surface area (Å²) >= 11 is 2.43. The molecular formula is C23H35IN2O2Si. The van der Waals surface area contributed by atoms with E-state index < -0.39 is 13.7 Å². The average molecular weight is 527 g/mol. The number of piperazine rings is 1. The van der Waals surface area contributed by atoms with Crippen molar-refractivity contribution in [2.75, 3.05) is 26.2 Å². The summed E-state index contributed by atoms with van der Waals surface area (Å²) < 4.78 is 6.78. The molecule has 1 saturated heterocycles. The van der Waals surface area contributed by atoms with Crippen molar-refractivity contribution in [1.29, 1.82) is 0 Å². The highest BCUT2D eigenvalue weighted by Crippen LogP contribution is 2.25. The number of benzene rings is 1. The van der Waals surface area contributed by atoms with E-state index in [1.165, 1.54) is 25.8 Å². The second-order valence-electron chi connectivity index (χ2n) is 9.89. The van der Waals surface area contributed by atoms with E-state index in [1.807, 2.05) is 25.7 Å². The Labute approximate surface area is 191 Å². The Balaban J connectivity index is 2.11. The van der Waals surface area contributed by atoms with Crippen LogP contribution in [0.5, 0.6) is 0 Å². The number of carbonyl (C=O) groups is 1. The zero-order chi connectivity index (χ0) is 22.0. The molecule has 1 amide bonds. The largest absolute Gasteiger partial charge is 0.444 e. The van der Waals surface area contributed by atoms with Gasteiger partial charge in [-0.3, -0.25) is 4.90 Å². The molecule has 0 atom stereocenters. The van der Waals surface area contributed by atoms with E-state index in [-0.39, 0.29) is 6.09 Å². The third-order valence-corrected chi connectivity index (χ3v) is 6.87. The van der Waals surface area contributed by atoms with Gasteiger partial charge in [0.2, 0.25) is 0 Å². The van der Waals surface area contributed by atoms with Crippen molar-refractivity contribution in [2.24, 2.45) is 0 Å². The summed E-state index contributed by atoms with van der Waals surface area (Å²) in [7, 11) is -1.42. The summed E-state index contributed by atoms with van der Waals surface area (Å²) in [6.07, 6.45) is -0.206. The first-order valence-electron chi connectivity index (χ1n) is 10.3. The molecule has 0 aromatic heterocycles. The van der Waals surface area contributed by atoms with Crippen molar-refractivity contribution in [3.8, 4) is 11.5 Å². The molecule has 0 aliphatic carbocycles. The number of halogens is 1. The molecule has 1 aromatic rings. The molecule has 1 aliphatic rings. The molecule has 1 fully saturated rings. The lowest BCUT2D eigenvalue weighted by Gasteiger charge is -2.36. The van der Waals surface area contributed by atoms with Gasteiger partial charge in [-0.2, -0.15) is 0 Å². The smallest absolute Gasteiger partial charge is 0.410 e. The first-order valence-corrected chi connectivity index (χ1v) is 14.9. The maximum Gasteiger partial charge on any atom is 0.410 e. The maximum absolute atomic E-state index is 12.3. The minimum Gasteiger partial charge on any atom is -0.444 e. The second-order valence-corrected chi connectivity index (χ2v) is 15.8. The van der Waals surface area contributed by atoms with E-state index in [9.17, 15) is 4.79 Å². The topological polar surface area (TPSA) is 32.8 Å². The van der Waals surface area contributed by atoms with E-state index in [4.69, 9.17) is 4.74 Å². The van der Waals surface area contributed by atoms with Crippen molar-refractivity contribution in [2.45, 2.75) is 66.4 Å². The van der Waals surface area contributed by atoms with Gasteiger partial charge in [0.15, 0.2) is 0 Å². The zero-order valence-corrected chi connectivity index (χ0v) is 22.4. The number of hydrogen-bond donors (Lipinski definition) is 0. The third kappa shape index (κ3) is 7.30. The standard InChI is InChI=1S/C23H35IN2O2Si/c1-17-19(15-21(24)18(2)20(17)9-14-29(6,7)8)16-25-10-12-26(13-11-25)22(27)28-23(3,4)5/h15H,10-13,16H2,1-8H3. The fourth-order valence-electron chi connectivity index (χ4n) is 3.19. The van der Waals surface area contributed by atoms with Crippen LogP contribution in [-0.2, 0) is 11.3 Å². The summed E-state index contributed by atoms with van der Waals surface area (Å²) in [4.78, 5) is 16.5. The molecule has 4 nitrogen and oxygen atoms in total. The van der Waals surface area contributed by atoms with Crippen LogP contribution in [0.4, 0.5) is 4.79 Å². The molecule has 0 bridgehead atoms. The quantitative estimate of drug-likeness (QED) is 0.302. The fraction of sp³-hybridized carbons (Fsp3) is 0.609. The highest BCUT2D eigenvalue weighted by Gasteiger charge is 2.26. The Kier molecular flexibility index (Phi) is 7.85. The maximum atomic E-state index is 12.3. The van der Waals surface area contributed by atoms with Crippen molar-refractivity contribution in [1.82, 2.24) is 9.80 Å². The van der Waals surface area contributed by atoms with Gasteiger partial charge >= 0.3 is 6.09 Å². The van der Waals surface area contributed by atoms with Gasteiger partial charge < -0.3 is 9.64 Å². The second kappa shape index (κ2) is 9.40. The van der Waals surface area contributed by atoms with Crippen molar-refractivity contribution >= 4 is 36.8 Å². The Hall–Kier alpha value is -1.04. The van der Waals surface area contributed by atoms with Gasteiger partial charge in [0.25, 0.3) is 0 Å². The number of nitrogens with zero attached hydrogens (tertiary/aromatic N) is 2. The molecule has 160 valence electrons. The van der Waals surface area contributed by atoms with E-state index in [0.29, 0.717) is 13.1 Å². The molecule has 0 N–H and O–H groups in total. The molecule has 29 heavy (non-hydrogen) atoms. The molecule has 1 heterocycles. The van der Waals surface area contributed by atoms with Gasteiger partial charge in [-0.1, -0.05) is 25.6 Å². The van der Waals surface area contributed by atoms with Crippen LogP contribution in [0.3, 0.4) is 0 Å². The van der Waals surface area contributed by atoms with Gasteiger partial charge in [-0.05, 0) is 80.0 Å². The van der Waals surface area contributed by atoms with E-state index in [1.54, 1.807) is 0 Å². The molecule has 0 saturated carbocycles. The van der Waals surface area contributed by atoms with Gasteiger partial charge in [-0.15, -0.1) is 5.54 Å². The lowest BCUT2D eigenvalue weighted by molar-refractivity contribution is 0.0139. The van der Waals surface area contributed by atoms with Gasteiger partial charge in [-0.25, -0.2) is 4.79 Å². The van der Waals surface area contributed by atoms with E-state index in [2.05, 4.69) is 78.5 Å². The Morgan fingerprint density at radius 3 is 2.24 bits per heavy atom. The fourth-order valence-corrected chi connectivity index (χ4v) is 4.33. The number of hydrogen-bond acceptors (Lipinski definition) is 3. The molecule has 0 unspecified atom stereocenters. The van der Waals surface area contributed by atoms with E-state index in [0.717, 1.165) is 19.6 Å². The number of carbonyl (C=O) groups excluding carboxylic acids is 1. The Morgan fingerprint density at radius 2 is 1.72 bits per heavy atom. The molecule has 0 radical (unpaired) electrons. The Bertz CT molecular complexity index is 820. The van der Waals surface area contributed by atoms with Crippen molar-refractivity contribution < 1.29 is 9.53 Å². The normalized spacial score (nSPS) is 15.7. The molecule has 2 rings (SSSR count). The SMILES string of the molecule is Cc1c(I)cc(CN2CCN(C(=O)OC(C)(C)C)CC2)c(C)c1C#C[Si](C)(C)C. The molecule has 1 aromatic carbocycles. The summed E-state index contributed by atoms with van der Waals surface area (Å²) in [6.45, 7) is 21.0. The van der Waals surface area contributed by atoms with Crippen molar-refractivity contribution in [3.63, 3.8) is 0 Å². The van der Waals surface area contributed by atoms with Crippen LogP contribution in [-0.4, -0.2) is 55.7 Å². The first-order chi connectivity index (χ1) is 13.3. The minimum absolute atomic E-state index is 0.206. The third-order valence-electron chi connectivity index (χ3n) is 4.87. The van der Waals surface area contributed by atoms with Crippen LogP contribution in [0.1, 0.15) is 43.0 Å². The minimum atomic E-state index is -1.42. The highest BCUT2D eigenvalue weighted by atomic mass is 127. The monoisotopic (exact) mass is 526 g/mol. The van der Waals surface area contributed by atoms with Crippen LogP contribution in [0.25, 0.3) is 0 Å². The van der Waals surface area contributed by atoms with Gasteiger partial charge in [0.05, 0.1) is 0 Å². The summed E-state index contributed by atoms with van der Waals surface area (Å²) in [5, 5.41) is 0. The molecule has 6 heteroatoms. The van der Waals surface area contributed by atoms with Gasteiger partial charge in [0, 0.05) is 41.9 Å². The lowest BCUT2D eigenvalue weighted by Crippen LogP contribution is -2.49. The average Bonchev–Trinajstić information content (AvgIpc) is 2.57. The molecular weight excluding hydrogens is 491 g/mol. The van der Waals surface area contributed by atoms with E-state index >= 15 is 0 Å². The number of rotatable bonds is 2. The first kappa shape index (κ1) is 24.2. The number of amides is 1. The highest BCUT2D eigenvalue weighted by molar-refractivity contribution is 14.1. The van der Waals surface area contributed by atoms with Crippen LogP contribution in [0.2, 0.25) is 19.6 Å². The summed E-state index contributed by atoms with van der Waals surface area (Å²) in [5.41, 5.74) is 8.20. The predicted molar refractivity (Wildman–Crippen MR) is 132 cm³/mol. The molecule has 1 aliphatic heterocycles. The number of ether oxygens (including phenoxy) is 1. The van der Waals surface area contributed by atoms with Crippen LogP contribution in [0.15, 0.2) is 6.07 Å². The molecule has 0 spiro atoms. The zero-order valence-electron chi connectivity index (χ0n) is 19.2. The van der Waals surface area contributed by atoms with Crippen LogP contribution in [0, 0.1) is 28.9 Å². The lowest BCUT2D eigenvalue weighted by atomic mass is 9.97. The van der Waals surface area contributed by atoms with Crippen molar-refractivity contribution in [3.05, 3.63) is 31.9 Å². The summed E-state index contributed by atoms with van der Waals surface area (Å²) in [5.74, 6) is 3.50. The van der Waals surface area contributed by atoms with Crippen LogP contribution < -0.4 is 0 Å². The predicted octanol–water partition coefficient (Wildman–Crippen LogP) is 5.19. The Morgan fingerprint density at radius 1 is 1.14 bits per heavy atom. The van der Waals surface area contributed by atoms with Crippen LogP contribution >= 0.6 is 22.6 Å².